The maximum absolute atomic E-state index is 11.5. The van der Waals surface area contributed by atoms with Gasteiger partial charge in [0.1, 0.15) is 0 Å². The smallest absolute Gasteiger partial charge is 0.243 e. The van der Waals surface area contributed by atoms with Gasteiger partial charge in [0.25, 0.3) is 0 Å². The molecule has 2 N–H and O–H groups in total. The Labute approximate surface area is 118 Å². The van der Waals surface area contributed by atoms with Crippen molar-refractivity contribution >= 4 is 39.3 Å². The molecular weight excluding hydrogens is 320 g/mol. The quantitative estimate of drug-likeness (QED) is 0.833. The van der Waals surface area contributed by atoms with E-state index >= 15 is 0 Å². The molecule has 1 aromatic rings. The maximum atomic E-state index is 11.5. The Bertz CT molecular complexity index is 493. The van der Waals surface area contributed by atoms with Crippen LogP contribution in [0.15, 0.2) is 22.7 Å². The molecule has 1 aromatic carbocycles. The van der Waals surface area contributed by atoms with Crippen LogP contribution in [0.1, 0.15) is 18.4 Å². The van der Waals surface area contributed by atoms with Crippen molar-refractivity contribution in [3.05, 3.63) is 33.3 Å². The summed E-state index contributed by atoms with van der Waals surface area (Å²) in [5.74, 6) is -0.466. The molecule has 4 nitrogen and oxygen atoms in total. The van der Waals surface area contributed by atoms with Gasteiger partial charge in [0.05, 0.1) is 6.04 Å². The fraction of sp³-hybridized carbons (Fsp3) is 0.333. The zero-order valence-corrected chi connectivity index (χ0v) is 11.8. The van der Waals surface area contributed by atoms with Gasteiger partial charge in [-0.2, -0.15) is 0 Å². The van der Waals surface area contributed by atoms with Crippen LogP contribution in [0.5, 0.6) is 0 Å². The number of imide groups is 1. The number of carbonyl (C=O) groups excluding carboxylic acids is 2. The van der Waals surface area contributed by atoms with E-state index < -0.39 is 0 Å². The van der Waals surface area contributed by atoms with Crippen LogP contribution < -0.4 is 10.6 Å². The van der Waals surface area contributed by atoms with E-state index in [0.29, 0.717) is 24.4 Å². The summed E-state index contributed by atoms with van der Waals surface area (Å²) in [4.78, 5) is 22.6. The summed E-state index contributed by atoms with van der Waals surface area (Å²) in [6.07, 6.45) is 0.906. The third-order valence-electron chi connectivity index (χ3n) is 2.79. The van der Waals surface area contributed by atoms with Crippen LogP contribution in [-0.2, 0) is 16.1 Å². The molecule has 0 bridgehead atoms. The van der Waals surface area contributed by atoms with Crippen LogP contribution in [0.25, 0.3) is 0 Å². The second kappa shape index (κ2) is 5.82. The molecule has 1 unspecified atom stereocenters. The van der Waals surface area contributed by atoms with Gasteiger partial charge < -0.3 is 5.32 Å². The Morgan fingerprint density at radius 1 is 1.44 bits per heavy atom. The lowest BCUT2D eigenvalue weighted by atomic mass is 10.1. The van der Waals surface area contributed by atoms with Crippen LogP contribution in [0.4, 0.5) is 0 Å². The van der Waals surface area contributed by atoms with E-state index in [2.05, 4.69) is 26.6 Å². The highest BCUT2D eigenvalue weighted by atomic mass is 79.9. The van der Waals surface area contributed by atoms with Crippen LogP contribution in [-0.4, -0.2) is 17.9 Å². The van der Waals surface area contributed by atoms with E-state index in [1.165, 1.54) is 0 Å². The molecule has 1 heterocycles. The summed E-state index contributed by atoms with van der Waals surface area (Å²) in [7, 11) is 0. The summed E-state index contributed by atoms with van der Waals surface area (Å²) in [6, 6.07) is 5.17. The lowest BCUT2D eigenvalue weighted by molar-refractivity contribution is -0.134. The van der Waals surface area contributed by atoms with E-state index in [1.807, 2.05) is 12.1 Å². The minimum atomic E-state index is -0.325. The minimum Gasteiger partial charge on any atom is -0.302 e. The number of rotatable bonds is 3. The van der Waals surface area contributed by atoms with Crippen molar-refractivity contribution in [2.45, 2.75) is 25.4 Å². The zero-order chi connectivity index (χ0) is 13.1. The second-order valence-corrected chi connectivity index (χ2v) is 5.41. The van der Waals surface area contributed by atoms with Crippen molar-refractivity contribution in [1.29, 1.82) is 0 Å². The van der Waals surface area contributed by atoms with Gasteiger partial charge in [-0.05, 0) is 30.2 Å². The number of halogens is 2. The molecule has 2 rings (SSSR count). The van der Waals surface area contributed by atoms with Crippen molar-refractivity contribution < 1.29 is 9.59 Å². The molecule has 6 heteroatoms. The lowest BCUT2D eigenvalue weighted by Crippen LogP contribution is -2.50. The monoisotopic (exact) mass is 330 g/mol. The van der Waals surface area contributed by atoms with Gasteiger partial charge in [-0.1, -0.05) is 27.5 Å². The normalized spacial score (nSPS) is 19.8. The van der Waals surface area contributed by atoms with Gasteiger partial charge >= 0.3 is 0 Å². The molecular formula is C12H12BrClN2O2. The molecule has 96 valence electrons. The molecule has 0 spiro atoms. The standard InChI is InChI=1S/C12H12BrClN2O2/c13-9-2-1-8(14)5-7(9)6-15-10-3-4-11(17)16-12(10)18/h1-2,5,10,15H,3-4,6H2,(H,16,17,18). The Morgan fingerprint density at radius 3 is 2.94 bits per heavy atom. The Balaban J connectivity index is 1.97. The summed E-state index contributed by atoms with van der Waals surface area (Å²) < 4.78 is 0.937. The lowest BCUT2D eigenvalue weighted by Gasteiger charge is -2.22. The topological polar surface area (TPSA) is 58.2 Å². The van der Waals surface area contributed by atoms with Crippen molar-refractivity contribution in [2.24, 2.45) is 0 Å². The van der Waals surface area contributed by atoms with Crippen LogP contribution >= 0.6 is 27.5 Å². The first-order chi connectivity index (χ1) is 8.56. The summed E-state index contributed by atoms with van der Waals surface area (Å²) in [5, 5.41) is 6.09. The van der Waals surface area contributed by atoms with Crippen LogP contribution in [0, 0.1) is 0 Å². The van der Waals surface area contributed by atoms with Gasteiger partial charge in [-0.3, -0.25) is 14.9 Å². The first-order valence-electron chi connectivity index (χ1n) is 5.57. The highest BCUT2D eigenvalue weighted by Gasteiger charge is 2.25. The largest absolute Gasteiger partial charge is 0.302 e. The number of hydrogen-bond acceptors (Lipinski definition) is 3. The fourth-order valence-corrected chi connectivity index (χ4v) is 2.38. The van der Waals surface area contributed by atoms with E-state index in [-0.39, 0.29) is 17.9 Å². The van der Waals surface area contributed by atoms with Gasteiger partial charge in [0.15, 0.2) is 0 Å². The van der Waals surface area contributed by atoms with E-state index in [1.54, 1.807) is 6.07 Å². The highest BCUT2D eigenvalue weighted by Crippen LogP contribution is 2.21. The Hall–Kier alpha value is -0.910. The van der Waals surface area contributed by atoms with Crippen LogP contribution in [0.2, 0.25) is 5.02 Å². The van der Waals surface area contributed by atoms with Crippen molar-refractivity contribution in [3.8, 4) is 0 Å². The SMILES string of the molecule is O=C1CCC(NCc2cc(Cl)ccc2Br)C(=O)N1. The van der Waals surface area contributed by atoms with Crippen molar-refractivity contribution in [3.63, 3.8) is 0 Å². The number of hydrogen-bond donors (Lipinski definition) is 2. The number of benzene rings is 1. The summed E-state index contributed by atoms with van der Waals surface area (Å²) in [6.45, 7) is 0.521. The number of amides is 2. The first kappa shape index (κ1) is 13.5. The maximum Gasteiger partial charge on any atom is 0.243 e. The average molecular weight is 332 g/mol. The third kappa shape index (κ3) is 3.31. The van der Waals surface area contributed by atoms with E-state index in [9.17, 15) is 9.59 Å². The molecule has 1 fully saturated rings. The average Bonchev–Trinajstić information content (AvgIpc) is 2.32. The Kier molecular flexibility index (Phi) is 4.37. The zero-order valence-electron chi connectivity index (χ0n) is 9.50. The first-order valence-corrected chi connectivity index (χ1v) is 6.74. The fourth-order valence-electron chi connectivity index (χ4n) is 1.80. The molecule has 18 heavy (non-hydrogen) atoms. The van der Waals surface area contributed by atoms with Crippen molar-refractivity contribution in [1.82, 2.24) is 10.6 Å². The number of piperidine rings is 1. The molecule has 0 radical (unpaired) electrons. The predicted molar refractivity (Wildman–Crippen MR) is 72.2 cm³/mol. The van der Waals surface area contributed by atoms with Gasteiger partial charge in [-0.25, -0.2) is 0 Å². The summed E-state index contributed by atoms with van der Waals surface area (Å²) >= 11 is 9.34. The molecule has 0 saturated carbocycles. The molecule has 1 aliphatic heterocycles. The molecule has 0 aromatic heterocycles. The van der Waals surface area contributed by atoms with Gasteiger partial charge in [0, 0.05) is 22.5 Å². The minimum absolute atomic E-state index is 0.206. The van der Waals surface area contributed by atoms with Gasteiger partial charge in [0.2, 0.25) is 11.8 Å². The van der Waals surface area contributed by atoms with E-state index in [0.717, 1.165) is 10.0 Å². The predicted octanol–water partition coefficient (Wildman–Crippen LogP) is 2.00. The molecule has 1 atom stereocenters. The highest BCUT2D eigenvalue weighted by molar-refractivity contribution is 9.10. The van der Waals surface area contributed by atoms with Crippen LogP contribution in [0.3, 0.4) is 0 Å². The Morgan fingerprint density at radius 2 is 2.22 bits per heavy atom. The molecule has 0 aliphatic carbocycles. The molecule has 1 aliphatic rings. The summed E-state index contributed by atoms with van der Waals surface area (Å²) in [5.41, 5.74) is 0.979. The number of carbonyl (C=O) groups is 2. The van der Waals surface area contributed by atoms with Crippen molar-refractivity contribution in [2.75, 3.05) is 0 Å². The second-order valence-electron chi connectivity index (χ2n) is 4.12. The third-order valence-corrected chi connectivity index (χ3v) is 3.79. The van der Waals surface area contributed by atoms with E-state index in [4.69, 9.17) is 11.6 Å². The van der Waals surface area contributed by atoms with Gasteiger partial charge in [-0.15, -0.1) is 0 Å². The molecule has 2 amide bonds. The number of nitrogens with one attached hydrogen (secondary N) is 2. The molecule has 1 saturated heterocycles.